The number of aliphatic hydroxyl groups is 1. The molecule has 0 aromatic carbocycles. The Bertz CT molecular complexity index is 145. The van der Waals surface area contributed by atoms with E-state index in [0.29, 0.717) is 6.54 Å². The number of aliphatic hydroxyl groups excluding tert-OH is 1. The maximum Gasteiger partial charge on any atom is 0.246 e. The van der Waals surface area contributed by atoms with E-state index in [0.717, 1.165) is 0 Å². The predicted molar refractivity (Wildman–Crippen MR) is 45.8 cm³/mol. The zero-order chi connectivity index (χ0) is 9.61. The molecule has 0 bridgehead atoms. The Morgan fingerprint density at radius 1 is 1.58 bits per heavy atom. The van der Waals surface area contributed by atoms with Crippen molar-refractivity contribution in [1.82, 2.24) is 5.32 Å². The molecule has 0 fully saturated rings. The second kappa shape index (κ2) is 5.11. The fourth-order valence-electron chi connectivity index (χ4n) is 0.576. The van der Waals surface area contributed by atoms with E-state index < -0.39 is 0 Å². The molecule has 0 saturated heterocycles. The Hall–Kier alpha value is -0.610. The summed E-state index contributed by atoms with van der Waals surface area (Å²) in [5, 5.41) is 11.5. The maximum absolute atomic E-state index is 10.9. The maximum atomic E-state index is 10.9. The van der Waals surface area contributed by atoms with Crippen molar-refractivity contribution in [3.05, 3.63) is 0 Å². The molecule has 12 heavy (non-hydrogen) atoms. The lowest BCUT2D eigenvalue weighted by atomic mass is 9.95. The van der Waals surface area contributed by atoms with Gasteiger partial charge >= 0.3 is 0 Å². The molecule has 0 atom stereocenters. The first-order valence-corrected chi connectivity index (χ1v) is 3.88. The topological polar surface area (TPSA) is 58.6 Å². The third-order valence-corrected chi connectivity index (χ3v) is 1.47. The van der Waals surface area contributed by atoms with Gasteiger partial charge in [-0.05, 0) is 0 Å². The predicted octanol–water partition coefficient (Wildman–Crippen LogP) is -0.233. The quantitative estimate of drug-likeness (QED) is 0.606. The van der Waals surface area contributed by atoms with Crippen LogP contribution in [0.5, 0.6) is 0 Å². The first-order valence-electron chi connectivity index (χ1n) is 3.88. The Balaban J connectivity index is 3.60. The number of carbonyl (C=O) groups is 1. The molecule has 0 aliphatic heterocycles. The third kappa shape index (κ3) is 5.09. The number of methoxy groups -OCH3 is 1. The van der Waals surface area contributed by atoms with Crippen LogP contribution in [0.4, 0.5) is 0 Å². The zero-order valence-electron chi connectivity index (χ0n) is 7.89. The highest BCUT2D eigenvalue weighted by Crippen LogP contribution is 2.10. The average molecular weight is 175 g/mol. The smallest absolute Gasteiger partial charge is 0.246 e. The molecule has 0 aliphatic carbocycles. The molecular weight excluding hydrogens is 158 g/mol. The van der Waals surface area contributed by atoms with E-state index in [-0.39, 0.29) is 24.5 Å². The van der Waals surface area contributed by atoms with Crippen molar-refractivity contribution in [3.8, 4) is 0 Å². The highest BCUT2D eigenvalue weighted by atomic mass is 16.5. The summed E-state index contributed by atoms with van der Waals surface area (Å²) in [6, 6.07) is 0. The van der Waals surface area contributed by atoms with Crippen LogP contribution in [-0.2, 0) is 9.53 Å². The van der Waals surface area contributed by atoms with Gasteiger partial charge in [-0.3, -0.25) is 4.79 Å². The Morgan fingerprint density at radius 3 is 2.58 bits per heavy atom. The molecule has 72 valence electrons. The highest BCUT2D eigenvalue weighted by Gasteiger charge is 2.16. The number of ether oxygens (including phenoxy) is 1. The van der Waals surface area contributed by atoms with Crippen molar-refractivity contribution in [2.45, 2.75) is 13.8 Å². The van der Waals surface area contributed by atoms with E-state index in [1.54, 1.807) is 0 Å². The molecule has 4 heteroatoms. The lowest BCUT2D eigenvalue weighted by molar-refractivity contribution is -0.125. The van der Waals surface area contributed by atoms with Crippen LogP contribution in [0.2, 0.25) is 0 Å². The van der Waals surface area contributed by atoms with Crippen molar-refractivity contribution in [2.75, 3.05) is 26.9 Å². The van der Waals surface area contributed by atoms with Crippen LogP contribution in [0.25, 0.3) is 0 Å². The Labute approximate surface area is 72.9 Å². The van der Waals surface area contributed by atoms with Crippen molar-refractivity contribution in [3.63, 3.8) is 0 Å². The third-order valence-electron chi connectivity index (χ3n) is 1.47. The standard InChI is InChI=1S/C8H17NO3/c1-8(2,6-10)5-9-7(11)4-12-3/h10H,4-6H2,1-3H3,(H,9,11). The Kier molecular flexibility index (Phi) is 4.85. The summed E-state index contributed by atoms with van der Waals surface area (Å²) in [6.07, 6.45) is 0. The van der Waals surface area contributed by atoms with E-state index in [9.17, 15) is 4.79 Å². The number of rotatable bonds is 5. The van der Waals surface area contributed by atoms with E-state index in [4.69, 9.17) is 5.11 Å². The number of hydrogen-bond donors (Lipinski definition) is 2. The van der Waals surface area contributed by atoms with Crippen LogP contribution in [-0.4, -0.2) is 37.9 Å². The molecule has 0 aliphatic rings. The van der Waals surface area contributed by atoms with E-state index in [2.05, 4.69) is 10.1 Å². The lowest BCUT2D eigenvalue weighted by Gasteiger charge is -2.21. The summed E-state index contributed by atoms with van der Waals surface area (Å²) < 4.78 is 4.63. The largest absolute Gasteiger partial charge is 0.396 e. The first kappa shape index (κ1) is 11.4. The number of amides is 1. The van der Waals surface area contributed by atoms with Crippen LogP contribution >= 0.6 is 0 Å². The summed E-state index contributed by atoms with van der Waals surface area (Å²) in [5.74, 6) is -0.154. The molecule has 1 amide bonds. The van der Waals surface area contributed by atoms with Gasteiger partial charge in [0, 0.05) is 25.7 Å². The molecule has 0 aromatic heterocycles. The molecule has 4 nitrogen and oxygen atoms in total. The van der Waals surface area contributed by atoms with Gasteiger partial charge in [-0.25, -0.2) is 0 Å². The van der Waals surface area contributed by atoms with Crippen molar-refractivity contribution >= 4 is 5.91 Å². The van der Waals surface area contributed by atoms with Crippen molar-refractivity contribution in [1.29, 1.82) is 0 Å². The first-order chi connectivity index (χ1) is 5.52. The van der Waals surface area contributed by atoms with Gasteiger partial charge in [0.05, 0.1) is 0 Å². The monoisotopic (exact) mass is 175 g/mol. The second-order valence-electron chi connectivity index (χ2n) is 3.53. The van der Waals surface area contributed by atoms with Gasteiger partial charge in [-0.1, -0.05) is 13.8 Å². The molecule has 0 saturated carbocycles. The Morgan fingerprint density at radius 2 is 2.17 bits per heavy atom. The molecule has 0 heterocycles. The minimum atomic E-state index is -0.261. The van der Waals surface area contributed by atoms with Gasteiger partial charge < -0.3 is 15.2 Å². The van der Waals surface area contributed by atoms with E-state index >= 15 is 0 Å². The molecule has 0 radical (unpaired) electrons. The van der Waals surface area contributed by atoms with Crippen LogP contribution < -0.4 is 5.32 Å². The number of hydrogen-bond acceptors (Lipinski definition) is 3. The summed E-state index contributed by atoms with van der Waals surface area (Å²) in [7, 11) is 1.47. The number of carbonyl (C=O) groups excluding carboxylic acids is 1. The van der Waals surface area contributed by atoms with E-state index in [1.807, 2.05) is 13.8 Å². The highest BCUT2D eigenvalue weighted by molar-refractivity contribution is 5.77. The molecular formula is C8H17NO3. The van der Waals surface area contributed by atoms with Gasteiger partial charge in [0.2, 0.25) is 5.91 Å². The van der Waals surface area contributed by atoms with Crippen LogP contribution in [0.3, 0.4) is 0 Å². The second-order valence-corrected chi connectivity index (χ2v) is 3.53. The molecule has 0 spiro atoms. The minimum absolute atomic E-state index is 0.0558. The molecule has 0 aromatic rings. The summed E-state index contributed by atoms with van der Waals surface area (Å²) >= 11 is 0. The normalized spacial score (nSPS) is 11.3. The summed E-state index contributed by atoms with van der Waals surface area (Å²) in [4.78, 5) is 10.9. The van der Waals surface area contributed by atoms with Crippen molar-refractivity contribution in [2.24, 2.45) is 5.41 Å². The van der Waals surface area contributed by atoms with Gasteiger partial charge in [-0.2, -0.15) is 0 Å². The van der Waals surface area contributed by atoms with Crippen LogP contribution in [0.15, 0.2) is 0 Å². The van der Waals surface area contributed by atoms with E-state index in [1.165, 1.54) is 7.11 Å². The molecule has 2 N–H and O–H groups in total. The van der Waals surface area contributed by atoms with Gasteiger partial charge in [0.1, 0.15) is 6.61 Å². The zero-order valence-corrected chi connectivity index (χ0v) is 7.89. The van der Waals surface area contributed by atoms with Gasteiger partial charge in [-0.15, -0.1) is 0 Å². The summed E-state index contributed by atoms with van der Waals surface area (Å²) in [5.41, 5.74) is -0.261. The van der Waals surface area contributed by atoms with Gasteiger partial charge in [0.25, 0.3) is 0 Å². The minimum Gasteiger partial charge on any atom is -0.396 e. The average Bonchev–Trinajstić information content (AvgIpc) is 2.02. The fourth-order valence-corrected chi connectivity index (χ4v) is 0.576. The van der Waals surface area contributed by atoms with Gasteiger partial charge in [0.15, 0.2) is 0 Å². The van der Waals surface area contributed by atoms with Crippen LogP contribution in [0.1, 0.15) is 13.8 Å². The summed E-state index contributed by atoms with van der Waals surface area (Å²) in [6.45, 7) is 4.34. The SMILES string of the molecule is COCC(=O)NCC(C)(C)CO. The molecule has 0 rings (SSSR count). The number of nitrogens with one attached hydrogen (secondary N) is 1. The lowest BCUT2D eigenvalue weighted by Crippen LogP contribution is -2.37. The van der Waals surface area contributed by atoms with Crippen LogP contribution in [0, 0.1) is 5.41 Å². The molecule has 0 unspecified atom stereocenters. The van der Waals surface area contributed by atoms with Crippen molar-refractivity contribution < 1.29 is 14.6 Å². The fraction of sp³-hybridized carbons (Fsp3) is 0.875.